The molecule has 76 valence electrons. The van der Waals surface area contributed by atoms with Crippen molar-refractivity contribution in [1.82, 2.24) is 4.90 Å². The molecule has 4 heteroatoms. The van der Waals surface area contributed by atoms with Crippen LogP contribution in [0.2, 0.25) is 0 Å². The van der Waals surface area contributed by atoms with Crippen LogP contribution < -0.4 is 5.73 Å². The number of rotatable bonds is 2. The van der Waals surface area contributed by atoms with Gasteiger partial charge in [-0.3, -0.25) is 9.69 Å². The van der Waals surface area contributed by atoms with E-state index in [0.29, 0.717) is 6.54 Å². The first-order chi connectivity index (χ1) is 5.84. The summed E-state index contributed by atoms with van der Waals surface area (Å²) in [4.78, 5) is 12.8. The summed E-state index contributed by atoms with van der Waals surface area (Å²) >= 11 is 0. The SMILES string of the molecule is CC(C(N)=O)N1CC(O)C(C)(C)C1. The molecule has 0 aromatic rings. The van der Waals surface area contributed by atoms with Crippen LogP contribution in [0.3, 0.4) is 0 Å². The number of β-amino-alcohol motifs (C(OH)–C–C–N with tert-alkyl or cyclic N) is 1. The second kappa shape index (κ2) is 3.27. The second-order valence-electron chi connectivity index (χ2n) is 4.51. The number of carbonyl (C=O) groups is 1. The summed E-state index contributed by atoms with van der Waals surface area (Å²) in [7, 11) is 0. The summed E-state index contributed by atoms with van der Waals surface area (Å²) in [5.41, 5.74) is 5.05. The van der Waals surface area contributed by atoms with Crippen LogP contribution in [-0.2, 0) is 4.79 Å². The van der Waals surface area contributed by atoms with E-state index in [1.807, 2.05) is 18.7 Å². The number of nitrogens with two attached hydrogens (primary N) is 1. The third-order valence-electron chi connectivity index (χ3n) is 2.88. The van der Waals surface area contributed by atoms with Crippen LogP contribution in [0.15, 0.2) is 0 Å². The maximum absolute atomic E-state index is 10.9. The molecule has 2 atom stereocenters. The third kappa shape index (κ3) is 2.00. The standard InChI is InChI=1S/C9H18N2O2/c1-6(8(10)13)11-4-7(12)9(2,3)5-11/h6-7,12H,4-5H2,1-3H3,(H2,10,13). The van der Waals surface area contributed by atoms with Gasteiger partial charge in [0.1, 0.15) is 0 Å². The fourth-order valence-corrected chi connectivity index (χ4v) is 1.64. The molecule has 1 aliphatic heterocycles. The van der Waals surface area contributed by atoms with Crippen molar-refractivity contribution in [2.45, 2.75) is 32.9 Å². The maximum atomic E-state index is 10.9. The number of likely N-dealkylation sites (tertiary alicyclic amines) is 1. The lowest BCUT2D eigenvalue weighted by molar-refractivity contribution is -0.122. The van der Waals surface area contributed by atoms with Crippen LogP contribution in [0.1, 0.15) is 20.8 Å². The topological polar surface area (TPSA) is 66.6 Å². The Bertz CT molecular complexity index is 216. The van der Waals surface area contributed by atoms with Crippen LogP contribution in [-0.4, -0.2) is 41.1 Å². The van der Waals surface area contributed by atoms with Crippen molar-refractivity contribution in [3.05, 3.63) is 0 Å². The molecule has 4 nitrogen and oxygen atoms in total. The fourth-order valence-electron chi connectivity index (χ4n) is 1.64. The van der Waals surface area contributed by atoms with E-state index in [1.165, 1.54) is 0 Å². The van der Waals surface area contributed by atoms with Gasteiger partial charge >= 0.3 is 0 Å². The molecule has 1 heterocycles. The summed E-state index contributed by atoms with van der Waals surface area (Å²) in [6, 6.07) is -0.281. The Kier molecular flexibility index (Phi) is 2.63. The maximum Gasteiger partial charge on any atom is 0.234 e. The van der Waals surface area contributed by atoms with Crippen LogP contribution >= 0.6 is 0 Å². The summed E-state index contributed by atoms with van der Waals surface area (Å²) in [5, 5.41) is 9.66. The molecular weight excluding hydrogens is 168 g/mol. The molecule has 1 saturated heterocycles. The van der Waals surface area contributed by atoms with Gasteiger partial charge in [0, 0.05) is 18.5 Å². The van der Waals surface area contributed by atoms with Gasteiger partial charge in [0.25, 0.3) is 0 Å². The lowest BCUT2D eigenvalue weighted by Crippen LogP contribution is -2.42. The smallest absolute Gasteiger partial charge is 0.234 e. The van der Waals surface area contributed by atoms with Gasteiger partial charge in [0.05, 0.1) is 12.1 Å². The molecule has 0 radical (unpaired) electrons. The largest absolute Gasteiger partial charge is 0.391 e. The van der Waals surface area contributed by atoms with Crippen molar-refractivity contribution in [3.8, 4) is 0 Å². The molecule has 1 amide bonds. The number of aliphatic hydroxyl groups excluding tert-OH is 1. The highest BCUT2D eigenvalue weighted by molar-refractivity contribution is 5.79. The Labute approximate surface area is 78.7 Å². The van der Waals surface area contributed by atoms with Crippen LogP contribution in [0.25, 0.3) is 0 Å². The lowest BCUT2D eigenvalue weighted by Gasteiger charge is -2.23. The van der Waals surface area contributed by atoms with E-state index in [1.54, 1.807) is 6.92 Å². The molecule has 0 aliphatic carbocycles. The van der Waals surface area contributed by atoms with Gasteiger partial charge in [-0.1, -0.05) is 13.8 Å². The minimum atomic E-state index is -0.366. The molecule has 0 saturated carbocycles. The zero-order valence-corrected chi connectivity index (χ0v) is 8.45. The Morgan fingerprint density at radius 1 is 1.69 bits per heavy atom. The van der Waals surface area contributed by atoms with E-state index in [4.69, 9.17) is 5.73 Å². The molecule has 13 heavy (non-hydrogen) atoms. The molecular formula is C9H18N2O2. The third-order valence-corrected chi connectivity index (χ3v) is 2.88. The highest BCUT2D eigenvalue weighted by Gasteiger charge is 2.40. The van der Waals surface area contributed by atoms with Gasteiger partial charge in [-0.25, -0.2) is 0 Å². The summed E-state index contributed by atoms with van der Waals surface area (Å²) in [6.45, 7) is 7.02. The average molecular weight is 186 g/mol. The van der Waals surface area contributed by atoms with Gasteiger partial charge in [0.15, 0.2) is 0 Å². The molecule has 0 spiro atoms. The van der Waals surface area contributed by atoms with Crippen molar-refractivity contribution in [1.29, 1.82) is 0 Å². The Balaban J connectivity index is 2.63. The van der Waals surface area contributed by atoms with Crippen molar-refractivity contribution in [2.24, 2.45) is 11.1 Å². The number of hydrogen-bond donors (Lipinski definition) is 2. The first kappa shape index (κ1) is 10.5. The minimum Gasteiger partial charge on any atom is -0.391 e. The molecule has 0 bridgehead atoms. The van der Waals surface area contributed by atoms with Gasteiger partial charge in [-0.2, -0.15) is 0 Å². The summed E-state index contributed by atoms with van der Waals surface area (Å²) in [6.07, 6.45) is -0.366. The van der Waals surface area contributed by atoms with Crippen LogP contribution in [0.5, 0.6) is 0 Å². The number of hydrogen-bond acceptors (Lipinski definition) is 3. The van der Waals surface area contributed by atoms with Crippen molar-refractivity contribution >= 4 is 5.91 Å². The molecule has 1 fully saturated rings. The molecule has 2 unspecified atom stereocenters. The van der Waals surface area contributed by atoms with E-state index < -0.39 is 0 Å². The first-order valence-corrected chi connectivity index (χ1v) is 4.56. The Morgan fingerprint density at radius 2 is 2.23 bits per heavy atom. The predicted molar refractivity (Wildman–Crippen MR) is 50.0 cm³/mol. The highest BCUT2D eigenvalue weighted by atomic mass is 16.3. The van der Waals surface area contributed by atoms with Gasteiger partial charge in [0.2, 0.25) is 5.91 Å². The zero-order valence-electron chi connectivity index (χ0n) is 8.45. The highest BCUT2D eigenvalue weighted by Crippen LogP contribution is 2.30. The summed E-state index contributed by atoms with van der Waals surface area (Å²) in [5.74, 6) is -0.329. The quantitative estimate of drug-likeness (QED) is 0.614. The zero-order chi connectivity index (χ0) is 10.2. The van der Waals surface area contributed by atoms with Crippen LogP contribution in [0.4, 0.5) is 0 Å². The van der Waals surface area contributed by atoms with Crippen molar-refractivity contribution in [3.63, 3.8) is 0 Å². The van der Waals surface area contributed by atoms with Crippen LogP contribution in [0, 0.1) is 5.41 Å². The molecule has 1 rings (SSSR count). The molecule has 1 aliphatic rings. The molecule has 0 aromatic carbocycles. The average Bonchev–Trinajstić information content (AvgIpc) is 2.25. The fraction of sp³-hybridized carbons (Fsp3) is 0.889. The van der Waals surface area contributed by atoms with E-state index in [9.17, 15) is 9.90 Å². The van der Waals surface area contributed by atoms with E-state index >= 15 is 0 Å². The monoisotopic (exact) mass is 186 g/mol. The predicted octanol–water partition coefficient (Wildman–Crippen LogP) is -0.437. The number of nitrogens with zero attached hydrogens (tertiary/aromatic N) is 1. The second-order valence-corrected chi connectivity index (χ2v) is 4.51. The number of aliphatic hydroxyl groups is 1. The van der Waals surface area contributed by atoms with E-state index in [-0.39, 0.29) is 23.5 Å². The number of primary amides is 1. The van der Waals surface area contributed by atoms with Crippen molar-refractivity contribution < 1.29 is 9.90 Å². The molecule has 3 N–H and O–H groups in total. The van der Waals surface area contributed by atoms with E-state index in [2.05, 4.69) is 0 Å². The molecule has 0 aromatic heterocycles. The number of carbonyl (C=O) groups excluding carboxylic acids is 1. The van der Waals surface area contributed by atoms with E-state index in [0.717, 1.165) is 6.54 Å². The van der Waals surface area contributed by atoms with Gasteiger partial charge in [-0.15, -0.1) is 0 Å². The Hall–Kier alpha value is -0.610. The Morgan fingerprint density at radius 3 is 2.54 bits per heavy atom. The van der Waals surface area contributed by atoms with Crippen molar-refractivity contribution in [2.75, 3.05) is 13.1 Å². The van der Waals surface area contributed by atoms with Gasteiger partial charge < -0.3 is 10.8 Å². The first-order valence-electron chi connectivity index (χ1n) is 4.56. The number of amides is 1. The minimum absolute atomic E-state index is 0.135. The summed E-state index contributed by atoms with van der Waals surface area (Å²) < 4.78 is 0. The van der Waals surface area contributed by atoms with Gasteiger partial charge in [-0.05, 0) is 6.92 Å². The lowest BCUT2D eigenvalue weighted by atomic mass is 9.90. The normalized spacial score (nSPS) is 30.3.